The van der Waals surface area contributed by atoms with E-state index in [1.54, 1.807) is 18.9 Å². The molecule has 10 nitrogen and oxygen atoms in total. The predicted octanol–water partition coefficient (Wildman–Crippen LogP) is 2.04. The minimum Gasteiger partial charge on any atom is -0.450 e. The molecule has 2 heterocycles. The number of fused-ring (bicyclic) bond motifs is 1. The summed E-state index contributed by atoms with van der Waals surface area (Å²) in [7, 11) is 1.54. The molecule has 0 radical (unpaired) electrons. The van der Waals surface area contributed by atoms with Crippen LogP contribution in [0.4, 0.5) is 10.5 Å². The average molecular weight is 404 g/mol. The van der Waals surface area contributed by atoms with Crippen LogP contribution in [-0.4, -0.2) is 44.7 Å². The maximum atomic E-state index is 13.2. The number of amides is 1. The molecule has 2 aromatic rings. The fourth-order valence-corrected chi connectivity index (χ4v) is 4.02. The SMILES string of the molecule is CCOC(=O)N1CCC(n2c(=O)c3cc([N+](=O)[O-])ccc3n(C)c2=O)C(CC)C1. The number of likely N-dealkylation sites (tertiary alicyclic amines) is 1. The quantitative estimate of drug-likeness (QED) is 0.569. The summed E-state index contributed by atoms with van der Waals surface area (Å²) in [5.41, 5.74) is -0.868. The first-order chi connectivity index (χ1) is 13.8. The van der Waals surface area contributed by atoms with E-state index in [2.05, 4.69) is 0 Å². The summed E-state index contributed by atoms with van der Waals surface area (Å²) >= 11 is 0. The summed E-state index contributed by atoms with van der Waals surface area (Å²) in [4.78, 5) is 50.4. The lowest BCUT2D eigenvalue weighted by molar-refractivity contribution is -0.384. The van der Waals surface area contributed by atoms with Crippen LogP contribution in [0.5, 0.6) is 0 Å². The molecule has 29 heavy (non-hydrogen) atoms. The fraction of sp³-hybridized carbons (Fsp3) is 0.526. The zero-order valence-corrected chi connectivity index (χ0v) is 16.7. The van der Waals surface area contributed by atoms with Gasteiger partial charge in [0.1, 0.15) is 0 Å². The molecule has 0 saturated carbocycles. The Morgan fingerprint density at radius 1 is 1.31 bits per heavy atom. The Kier molecular flexibility index (Phi) is 5.71. The number of piperidine rings is 1. The van der Waals surface area contributed by atoms with Gasteiger partial charge in [0.05, 0.1) is 22.4 Å². The largest absolute Gasteiger partial charge is 0.450 e. The lowest BCUT2D eigenvalue weighted by atomic mass is 9.89. The van der Waals surface area contributed by atoms with Gasteiger partial charge in [0, 0.05) is 38.3 Å². The van der Waals surface area contributed by atoms with Crippen LogP contribution in [0.3, 0.4) is 0 Å². The molecule has 2 unspecified atom stereocenters. The number of nitro benzene ring substituents is 1. The van der Waals surface area contributed by atoms with Crippen molar-refractivity contribution in [2.75, 3.05) is 19.7 Å². The first kappa shape index (κ1) is 20.6. The van der Waals surface area contributed by atoms with Crippen LogP contribution in [0.1, 0.15) is 32.7 Å². The molecular weight excluding hydrogens is 380 g/mol. The second-order valence-electron chi connectivity index (χ2n) is 7.14. The topological polar surface area (TPSA) is 117 Å². The molecule has 1 aromatic carbocycles. The van der Waals surface area contributed by atoms with E-state index in [1.165, 1.54) is 27.3 Å². The third kappa shape index (κ3) is 3.62. The number of hydrogen-bond acceptors (Lipinski definition) is 6. The summed E-state index contributed by atoms with van der Waals surface area (Å²) < 4.78 is 7.60. The van der Waals surface area contributed by atoms with E-state index >= 15 is 0 Å². The standard InChI is InChI=1S/C19H24N4O6/c1-4-12-11-21(19(26)29-5-2)9-8-15(12)22-17(24)14-10-13(23(27)28)6-7-16(14)20(3)18(22)25/h6-7,10,12,15H,4-5,8-9,11H2,1-3H3. The number of aryl methyl sites for hydroxylation is 1. The molecule has 3 rings (SSSR count). The molecule has 156 valence electrons. The van der Waals surface area contributed by atoms with E-state index in [1.807, 2.05) is 6.92 Å². The molecule has 1 aromatic heterocycles. The van der Waals surface area contributed by atoms with E-state index in [0.717, 1.165) is 0 Å². The average Bonchev–Trinajstić information content (AvgIpc) is 2.72. The van der Waals surface area contributed by atoms with Gasteiger partial charge >= 0.3 is 11.8 Å². The summed E-state index contributed by atoms with van der Waals surface area (Å²) in [5, 5.41) is 11.3. The number of nitrogens with zero attached hydrogens (tertiary/aromatic N) is 4. The lowest BCUT2D eigenvalue weighted by Gasteiger charge is -2.38. The van der Waals surface area contributed by atoms with Gasteiger partial charge in [-0.25, -0.2) is 9.59 Å². The van der Waals surface area contributed by atoms with Gasteiger partial charge in [0.15, 0.2) is 0 Å². The minimum absolute atomic E-state index is 0.116. The first-order valence-corrected chi connectivity index (χ1v) is 9.61. The van der Waals surface area contributed by atoms with Gasteiger partial charge in [-0.1, -0.05) is 6.92 Å². The molecule has 0 N–H and O–H groups in total. The normalized spacial score (nSPS) is 19.3. The monoisotopic (exact) mass is 404 g/mol. The molecule has 1 fully saturated rings. The van der Waals surface area contributed by atoms with Crippen molar-refractivity contribution >= 4 is 22.7 Å². The lowest BCUT2D eigenvalue weighted by Crippen LogP contribution is -2.50. The van der Waals surface area contributed by atoms with Crippen molar-refractivity contribution in [3.05, 3.63) is 49.2 Å². The van der Waals surface area contributed by atoms with Gasteiger partial charge in [-0.2, -0.15) is 0 Å². The van der Waals surface area contributed by atoms with E-state index in [4.69, 9.17) is 4.74 Å². The maximum absolute atomic E-state index is 13.2. The zero-order chi connectivity index (χ0) is 21.3. The van der Waals surface area contributed by atoms with E-state index < -0.39 is 28.3 Å². The molecule has 1 saturated heterocycles. The highest BCUT2D eigenvalue weighted by atomic mass is 16.6. The van der Waals surface area contributed by atoms with Gasteiger partial charge in [-0.3, -0.25) is 24.0 Å². The Morgan fingerprint density at radius 3 is 2.66 bits per heavy atom. The number of carbonyl (C=O) groups is 1. The number of nitro groups is 1. The van der Waals surface area contributed by atoms with Crippen LogP contribution in [-0.2, 0) is 11.8 Å². The Hall–Kier alpha value is -3.17. The van der Waals surface area contributed by atoms with Gasteiger partial charge in [-0.05, 0) is 31.7 Å². The molecule has 2 atom stereocenters. The molecule has 10 heteroatoms. The fourth-order valence-electron chi connectivity index (χ4n) is 4.02. The van der Waals surface area contributed by atoms with Crippen LogP contribution in [0.25, 0.3) is 10.9 Å². The summed E-state index contributed by atoms with van der Waals surface area (Å²) in [5.74, 6) is -0.116. The van der Waals surface area contributed by atoms with Crippen molar-refractivity contribution in [1.82, 2.24) is 14.0 Å². The third-order valence-electron chi connectivity index (χ3n) is 5.57. The number of hydrogen-bond donors (Lipinski definition) is 0. The van der Waals surface area contributed by atoms with Crippen molar-refractivity contribution in [3.63, 3.8) is 0 Å². The summed E-state index contributed by atoms with van der Waals surface area (Å²) in [6, 6.07) is 3.50. The Morgan fingerprint density at radius 2 is 2.03 bits per heavy atom. The number of benzene rings is 1. The second kappa shape index (κ2) is 8.06. The number of aromatic nitrogens is 2. The molecule has 1 aliphatic rings. The molecule has 0 bridgehead atoms. The predicted molar refractivity (Wildman–Crippen MR) is 106 cm³/mol. The van der Waals surface area contributed by atoms with Crippen molar-refractivity contribution in [1.29, 1.82) is 0 Å². The molecule has 1 amide bonds. The van der Waals surface area contributed by atoms with E-state index in [0.29, 0.717) is 31.4 Å². The van der Waals surface area contributed by atoms with Crippen molar-refractivity contribution in [2.45, 2.75) is 32.7 Å². The van der Waals surface area contributed by atoms with Gasteiger partial charge in [0.2, 0.25) is 0 Å². The van der Waals surface area contributed by atoms with E-state index in [-0.39, 0.29) is 23.6 Å². The van der Waals surface area contributed by atoms with Gasteiger partial charge < -0.3 is 9.64 Å². The van der Waals surface area contributed by atoms with Crippen LogP contribution in [0.15, 0.2) is 27.8 Å². The van der Waals surface area contributed by atoms with Crippen LogP contribution >= 0.6 is 0 Å². The Labute approximate surface area is 166 Å². The number of rotatable bonds is 4. The Bertz CT molecular complexity index is 1070. The van der Waals surface area contributed by atoms with Gasteiger partial charge in [0.25, 0.3) is 11.2 Å². The highest BCUT2D eigenvalue weighted by molar-refractivity contribution is 5.80. The Balaban J connectivity index is 2.09. The van der Waals surface area contributed by atoms with Crippen LogP contribution < -0.4 is 11.2 Å². The highest BCUT2D eigenvalue weighted by Gasteiger charge is 2.34. The van der Waals surface area contributed by atoms with Crippen LogP contribution in [0, 0.1) is 16.0 Å². The second-order valence-corrected chi connectivity index (χ2v) is 7.14. The minimum atomic E-state index is -0.568. The smallest absolute Gasteiger partial charge is 0.409 e. The number of ether oxygens (including phenoxy) is 1. The first-order valence-electron chi connectivity index (χ1n) is 9.61. The molecular formula is C19H24N4O6. The zero-order valence-electron chi connectivity index (χ0n) is 16.7. The molecule has 0 aliphatic carbocycles. The maximum Gasteiger partial charge on any atom is 0.409 e. The van der Waals surface area contributed by atoms with Crippen molar-refractivity contribution in [2.24, 2.45) is 13.0 Å². The third-order valence-corrected chi connectivity index (χ3v) is 5.57. The van der Waals surface area contributed by atoms with E-state index in [9.17, 15) is 24.5 Å². The van der Waals surface area contributed by atoms with Crippen LogP contribution in [0.2, 0.25) is 0 Å². The van der Waals surface area contributed by atoms with Crippen molar-refractivity contribution in [3.8, 4) is 0 Å². The van der Waals surface area contributed by atoms with Gasteiger partial charge in [-0.15, -0.1) is 0 Å². The summed E-state index contributed by atoms with van der Waals surface area (Å²) in [6.07, 6.45) is 0.676. The molecule has 0 spiro atoms. The number of carbonyl (C=O) groups excluding carboxylic acids is 1. The number of non-ortho nitro benzene ring substituents is 1. The highest BCUT2D eigenvalue weighted by Crippen LogP contribution is 2.29. The van der Waals surface area contributed by atoms with Crippen molar-refractivity contribution < 1.29 is 14.5 Å². The summed E-state index contributed by atoms with van der Waals surface area (Å²) in [6.45, 7) is 4.69. The molecule has 1 aliphatic heterocycles.